The Balaban J connectivity index is 3.94. The van der Waals surface area contributed by atoms with Crippen LogP contribution in [-0.4, -0.2) is 24.8 Å². The first kappa shape index (κ1) is 13.0. The van der Waals surface area contributed by atoms with Crippen molar-refractivity contribution in [3.63, 3.8) is 0 Å². The van der Waals surface area contributed by atoms with Crippen LogP contribution in [0.4, 0.5) is 22.0 Å². The summed E-state index contributed by atoms with van der Waals surface area (Å²) in [4.78, 5) is 10.2. The van der Waals surface area contributed by atoms with Gasteiger partial charge in [-0.15, -0.1) is 0 Å². The summed E-state index contributed by atoms with van der Waals surface area (Å²) < 4.78 is 62.4. The molecule has 0 unspecified atom stereocenters. The van der Waals surface area contributed by atoms with Crippen molar-refractivity contribution in [2.75, 3.05) is 6.61 Å². The third-order valence-corrected chi connectivity index (χ3v) is 1.06. The van der Waals surface area contributed by atoms with Crippen LogP contribution < -0.4 is 11.3 Å². The van der Waals surface area contributed by atoms with Gasteiger partial charge in [-0.05, 0) is 0 Å². The molecule has 0 aromatic carbocycles. The van der Waals surface area contributed by atoms with Crippen molar-refractivity contribution in [1.82, 2.24) is 5.43 Å². The molecule has 3 N–H and O–H groups in total. The number of halogens is 5. The standard InChI is InChI=1S/C5H7F5N2O2/c6-4(7,8)1-2-14-5(9,10)3(13)12-11/h1-2,11H2,(H,12,13). The Morgan fingerprint density at radius 1 is 1.29 bits per heavy atom. The van der Waals surface area contributed by atoms with Crippen LogP contribution in [0.1, 0.15) is 6.42 Å². The smallest absolute Gasteiger partial charge is 0.312 e. The molecular weight excluding hydrogens is 215 g/mol. The maximum Gasteiger partial charge on any atom is 0.437 e. The van der Waals surface area contributed by atoms with Gasteiger partial charge in [0.25, 0.3) is 0 Å². The van der Waals surface area contributed by atoms with Gasteiger partial charge in [-0.2, -0.15) is 22.0 Å². The normalized spacial score (nSPS) is 12.7. The summed E-state index contributed by atoms with van der Waals surface area (Å²) in [5.74, 6) is 2.33. The highest BCUT2D eigenvalue weighted by Crippen LogP contribution is 2.22. The highest BCUT2D eigenvalue weighted by molar-refractivity contribution is 5.81. The molecule has 0 aliphatic carbocycles. The van der Waals surface area contributed by atoms with E-state index >= 15 is 0 Å². The molecular formula is C5H7F5N2O2. The lowest BCUT2D eigenvalue weighted by molar-refractivity contribution is -0.242. The number of hydrogen-bond donors (Lipinski definition) is 2. The van der Waals surface area contributed by atoms with Crippen molar-refractivity contribution < 1.29 is 31.5 Å². The number of ether oxygens (including phenoxy) is 1. The van der Waals surface area contributed by atoms with Crippen LogP contribution in [0, 0.1) is 0 Å². The Morgan fingerprint density at radius 3 is 2.14 bits per heavy atom. The summed E-state index contributed by atoms with van der Waals surface area (Å²) in [6.07, 6.45) is -10.5. The van der Waals surface area contributed by atoms with Gasteiger partial charge in [0, 0.05) is 0 Å². The van der Waals surface area contributed by atoms with Crippen molar-refractivity contribution in [3.8, 4) is 0 Å². The molecule has 14 heavy (non-hydrogen) atoms. The summed E-state index contributed by atoms with van der Waals surface area (Å²) in [5.41, 5.74) is 1.06. The largest absolute Gasteiger partial charge is 0.437 e. The Kier molecular flexibility index (Phi) is 4.20. The van der Waals surface area contributed by atoms with E-state index in [2.05, 4.69) is 10.6 Å². The molecule has 0 fully saturated rings. The first-order chi connectivity index (χ1) is 6.19. The molecule has 9 heteroatoms. The molecule has 0 radical (unpaired) electrons. The summed E-state index contributed by atoms with van der Waals surface area (Å²) in [7, 11) is 0. The molecule has 0 rings (SSSR count). The number of nitrogens with one attached hydrogen (secondary N) is 1. The predicted molar refractivity (Wildman–Crippen MR) is 33.9 cm³/mol. The first-order valence-corrected chi connectivity index (χ1v) is 3.28. The minimum atomic E-state index is -4.62. The molecule has 0 aliphatic rings. The second kappa shape index (κ2) is 4.51. The fraction of sp³-hybridized carbons (Fsp3) is 0.800. The summed E-state index contributed by atoms with van der Waals surface area (Å²) in [5, 5.41) is 0. The SMILES string of the molecule is NNC(=O)C(F)(F)OCCC(F)(F)F. The minimum Gasteiger partial charge on any atom is -0.312 e. The maximum absolute atomic E-state index is 12.3. The lowest BCUT2D eigenvalue weighted by Gasteiger charge is -2.15. The number of nitrogens with two attached hydrogens (primary N) is 1. The summed E-state index contributed by atoms with van der Waals surface area (Å²) in [6.45, 7) is -1.32. The number of alkyl halides is 5. The lowest BCUT2D eigenvalue weighted by Crippen LogP contribution is -2.45. The van der Waals surface area contributed by atoms with Gasteiger partial charge in [-0.3, -0.25) is 10.2 Å². The second-order valence-electron chi connectivity index (χ2n) is 2.20. The zero-order chi connectivity index (χ0) is 11.4. The van der Waals surface area contributed by atoms with E-state index in [1.807, 2.05) is 0 Å². The predicted octanol–water partition coefficient (Wildman–Crippen LogP) is 0.538. The van der Waals surface area contributed by atoms with Gasteiger partial charge in [-0.1, -0.05) is 0 Å². The zero-order valence-corrected chi connectivity index (χ0v) is 6.70. The molecule has 0 atom stereocenters. The van der Waals surface area contributed by atoms with E-state index in [1.165, 1.54) is 0 Å². The molecule has 84 valence electrons. The second-order valence-corrected chi connectivity index (χ2v) is 2.20. The fourth-order valence-electron chi connectivity index (χ4n) is 0.445. The van der Waals surface area contributed by atoms with E-state index in [0.717, 1.165) is 5.43 Å². The highest BCUT2D eigenvalue weighted by Gasteiger charge is 2.41. The molecule has 0 saturated carbocycles. The molecule has 0 heterocycles. The number of carbonyl (C=O) groups is 1. The van der Waals surface area contributed by atoms with Gasteiger partial charge in [-0.25, -0.2) is 5.84 Å². The monoisotopic (exact) mass is 222 g/mol. The third kappa shape index (κ3) is 4.92. The lowest BCUT2D eigenvalue weighted by atomic mass is 10.4. The topological polar surface area (TPSA) is 64.3 Å². The van der Waals surface area contributed by atoms with Crippen LogP contribution in [0.15, 0.2) is 0 Å². The van der Waals surface area contributed by atoms with Gasteiger partial charge in [0.1, 0.15) is 0 Å². The number of amides is 1. The summed E-state index contributed by atoms with van der Waals surface area (Å²) >= 11 is 0. The molecule has 0 bridgehead atoms. The van der Waals surface area contributed by atoms with Gasteiger partial charge in [0.05, 0.1) is 13.0 Å². The Morgan fingerprint density at radius 2 is 1.79 bits per heavy atom. The van der Waals surface area contributed by atoms with E-state index in [9.17, 15) is 26.7 Å². The molecule has 4 nitrogen and oxygen atoms in total. The van der Waals surface area contributed by atoms with Crippen molar-refractivity contribution in [2.45, 2.75) is 18.7 Å². The molecule has 1 amide bonds. The number of carbonyl (C=O) groups excluding carboxylic acids is 1. The number of hydrazine groups is 1. The average molecular weight is 222 g/mol. The van der Waals surface area contributed by atoms with Crippen molar-refractivity contribution in [2.24, 2.45) is 5.84 Å². The van der Waals surface area contributed by atoms with Gasteiger partial charge >= 0.3 is 18.2 Å². The van der Waals surface area contributed by atoms with Crippen LogP contribution >= 0.6 is 0 Å². The van der Waals surface area contributed by atoms with Crippen LogP contribution in [0.3, 0.4) is 0 Å². The van der Waals surface area contributed by atoms with Crippen molar-refractivity contribution in [3.05, 3.63) is 0 Å². The van der Waals surface area contributed by atoms with Gasteiger partial charge in [0.2, 0.25) is 0 Å². The molecule has 0 aliphatic heterocycles. The van der Waals surface area contributed by atoms with Crippen LogP contribution in [-0.2, 0) is 9.53 Å². The Bertz CT molecular complexity index is 205. The number of rotatable bonds is 4. The van der Waals surface area contributed by atoms with E-state index in [4.69, 9.17) is 0 Å². The maximum atomic E-state index is 12.3. The Labute approximate surface area is 75.2 Å². The average Bonchev–Trinajstić information content (AvgIpc) is 2.00. The molecule has 0 aromatic rings. The summed E-state index contributed by atoms with van der Waals surface area (Å²) in [6, 6.07) is 0. The number of hydrogen-bond acceptors (Lipinski definition) is 3. The molecule has 0 saturated heterocycles. The van der Waals surface area contributed by atoms with E-state index < -0.39 is 31.2 Å². The van der Waals surface area contributed by atoms with Crippen LogP contribution in [0.5, 0.6) is 0 Å². The highest BCUT2D eigenvalue weighted by atomic mass is 19.4. The van der Waals surface area contributed by atoms with E-state index in [1.54, 1.807) is 0 Å². The Hall–Kier alpha value is -0.960. The third-order valence-electron chi connectivity index (χ3n) is 1.06. The molecule has 0 aromatic heterocycles. The van der Waals surface area contributed by atoms with E-state index in [0.29, 0.717) is 0 Å². The van der Waals surface area contributed by atoms with Crippen molar-refractivity contribution >= 4 is 5.91 Å². The fourth-order valence-corrected chi connectivity index (χ4v) is 0.445. The van der Waals surface area contributed by atoms with Crippen LogP contribution in [0.2, 0.25) is 0 Å². The van der Waals surface area contributed by atoms with Gasteiger partial charge in [0.15, 0.2) is 0 Å². The van der Waals surface area contributed by atoms with Gasteiger partial charge < -0.3 is 4.74 Å². The van der Waals surface area contributed by atoms with Crippen molar-refractivity contribution in [1.29, 1.82) is 0 Å². The minimum absolute atomic E-state index is 1.06. The quantitative estimate of drug-likeness (QED) is 0.316. The van der Waals surface area contributed by atoms with E-state index in [-0.39, 0.29) is 0 Å². The molecule has 0 spiro atoms. The zero-order valence-electron chi connectivity index (χ0n) is 6.70. The first-order valence-electron chi connectivity index (χ1n) is 3.28. The van der Waals surface area contributed by atoms with Crippen LogP contribution in [0.25, 0.3) is 0 Å².